The first-order chi connectivity index (χ1) is 10.2. The Balaban J connectivity index is 1.62. The first-order valence-corrected chi connectivity index (χ1v) is 7.06. The Morgan fingerprint density at radius 2 is 1.95 bits per heavy atom. The quantitative estimate of drug-likeness (QED) is 0.878. The van der Waals surface area contributed by atoms with Gasteiger partial charge in [-0.3, -0.25) is 4.79 Å². The number of nitrogens with zero attached hydrogens (tertiary/aromatic N) is 1. The van der Waals surface area contributed by atoms with E-state index in [0.29, 0.717) is 18.8 Å². The first-order valence-electron chi connectivity index (χ1n) is 7.06. The lowest BCUT2D eigenvalue weighted by atomic mass is 9.98. The van der Waals surface area contributed by atoms with E-state index in [-0.39, 0.29) is 12.5 Å². The van der Waals surface area contributed by atoms with Crippen LogP contribution in [0.25, 0.3) is 0 Å². The molecule has 21 heavy (non-hydrogen) atoms. The highest BCUT2D eigenvalue weighted by Crippen LogP contribution is 2.24. The summed E-state index contributed by atoms with van der Waals surface area (Å²) in [6, 6.07) is 15.3. The van der Waals surface area contributed by atoms with E-state index in [1.54, 1.807) is 0 Å². The smallest absolute Gasteiger partial charge is 0.260 e. The molecular weight excluding hydrogens is 264 g/mol. The predicted molar refractivity (Wildman–Crippen MR) is 81.9 cm³/mol. The van der Waals surface area contributed by atoms with E-state index < -0.39 is 0 Å². The van der Waals surface area contributed by atoms with Crippen molar-refractivity contribution >= 4 is 11.6 Å². The minimum absolute atomic E-state index is 0.00641. The SMILES string of the molecule is Nc1cccc2c1CCN(C(=O)COc1ccccc1)C2. The summed E-state index contributed by atoms with van der Waals surface area (Å²) in [7, 11) is 0. The number of carbonyl (C=O) groups is 1. The van der Waals surface area contributed by atoms with Gasteiger partial charge in [-0.15, -0.1) is 0 Å². The third kappa shape index (κ3) is 2.99. The lowest BCUT2D eigenvalue weighted by Crippen LogP contribution is -2.39. The summed E-state index contributed by atoms with van der Waals surface area (Å²) in [4.78, 5) is 14.1. The number of hydrogen-bond donors (Lipinski definition) is 1. The summed E-state index contributed by atoms with van der Waals surface area (Å²) in [5.74, 6) is 0.722. The zero-order valence-electron chi connectivity index (χ0n) is 11.8. The first kappa shape index (κ1) is 13.5. The Morgan fingerprint density at radius 1 is 1.14 bits per heavy atom. The molecule has 2 aromatic rings. The molecule has 1 amide bonds. The molecule has 0 unspecified atom stereocenters. The Kier molecular flexibility index (Phi) is 3.77. The van der Waals surface area contributed by atoms with Crippen molar-refractivity contribution < 1.29 is 9.53 Å². The highest BCUT2D eigenvalue weighted by Gasteiger charge is 2.22. The minimum atomic E-state index is 0.00641. The number of anilines is 1. The molecule has 0 fully saturated rings. The Morgan fingerprint density at radius 3 is 2.76 bits per heavy atom. The summed E-state index contributed by atoms with van der Waals surface area (Å²) in [5.41, 5.74) is 9.09. The highest BCUT2D eigenvalue weighted by molar-refractivity contribution is 5.78. The molecule has 1 heterocycles. The number of fused-ring (bicyclic) bond motifs is 1. The van der Waals surface area contributed by atoms with Gasteiger partial charge < -0.3 is 15.4 Å². The van der Waals surface area contributed by atoms with Crippen molar-refractivity contribution in [1.82, 2.24) is 4.90 Å². The summed E-state index contributed by atoms with van der Waals surface area (Å²) >= 11 is 0. The molecular formula is C17H18N2O2. The van der Waals surface area contributed by atoms with Crippen LogP contribution in [-0.2, 0) is 17.8 Å². The maximum Gasteiger partial charge on any atom is 0.260 e. The summed E-state index contributed by atoms with van der Waals surface area (Å²) in [6.07, 6.45) is 0.805. The number of nitrogen functional groups attached to an aromatic ring is 1. The summed E-state index contributed by atoms with van der Waals surface area (Å²) < 4.78 is 5.52. The fourth-order valence-corrected chi connectivity index (χ4v) is 2.60. The van der Waals surface area contributed by atoms with E-state index in [2.05, 4.69) is 0 Å². The minimum Gasteiger partial charge on any atom is -0.484 e. The number of amides is 1. The molecule has 108 valence electrons. The second-order valence-corrected chi connectivity index (χ2v) is 5.15. The average Bonchev–Trinajstić information content (AvgIpc) is 2.53. The van der Waals surface area contributed by atoms with E-state index >= 15 is 0 Å². The molecule has 2 aromatic carbocycles. The normalized spacial score (nSPS) is 13.6. The maximum absolute atomic E-state index is 12.2. The van der Waals surface area contributed by atoms with Crippen molar-refractivity contribution in [2.75, 3.05) is 18.9 Å². The lowest BCUT2D eigenvalue weighted by molar-refractivity contribution is -0.134. The van der Waals surface area contributed by atoms with Gasteiger partial charge in [-0.05, 0) is 35.7 Å². The molecule has 4 nitrogen and oxygen atoms in total. The Hall–Kier alpha value is -2.49. The van der Waals surface area contributed by atoms with Crippen molar-refractivity contribution in [3.05, 3.63) is 59.7 Å². The van der Waals surface area contributed by atoms with Gasteiger partial charge in [0.15, 0.2) is 6.61 Å². The molecule has 0 saturated heterocycles. The number of rotatable bonds is 3. The number of hydrogen-bond acceptors (Lipinski definition) is 3. The van der Waals surface area contributed by atoms with Crippen LogP contribution in [0.3, 0.4) is 0 Å². The monoisotopic (exact) mass is 282 g/mol. The fraction of sp³-hybridized carbons (Fsp3) is 0.235. The molecule has 0 aromatic heterocycles. The zero-order valence-corrected chi connectivity index (χ0v) is 11.8. The van der Waals surface area contributed by atoms with Gasteiger partial charge in [0.25, 0.3) is 5.91 Å². The van der Waals surface area contributed by atoms with Gasteiger partial charge in [0, 0.05) is 18.8 Å². The number of nitrogens with two attached hydrogens (primary N) is 1. The molecule has 1 aliphatic rings. The van der Waals surface area contributed by atoms with Crippen molar-refractivity contribution in [2.45, 2.75) is 13.0 Å². The van der Waals surface area contributed by atoms with Gasteiger partial charge in [-0.1, -0.05) is 30.3 Å². The lowest BCUT2D eigenvalue weighted by Gasteiger charge is -2.29. The third-order valence-corrected chi connectivity index (χ3v) is 3.76. The van der Waals surface area contributed by atoms with Crippen LogP contribution < -0.4 is 10.5 Å². The zero-order chi connectivity index (χ0) is 14.7. The van der Waals surface area contributed by atoms with E-state index in [1.165, 1.54) is 5.56 Å². The highest BCUT2D eigenvalue weighted by atomic mass is 16.5. The maximum atomic E-state index is 12.2. The van der Waals surface area contributed by atoms with Gasteiger partial charge in [-0.25, -0.2) is 0 Å². The number of carbonyl (C=O) groups excluding carboxylic acids is 1. The Bertz CT molecular complexity index is 640. The van der Waals surface area contributed by atoms with E-state index in [1.807, 2.05) is 53.4 Å². The molecule has 0 aliphatic carbocycles. The standard InChI is InChI=1S/C17H18N2O2/c18-16-8-4-5-13-11-19(10-9-15(13)16)17(20)12-21-14-6-2-1-3-7-14/h1-8H,9-12,18H2. The Labute approximate surface area is 124 Å². The fourth-order valence-electron chi connectivity index (χ4n) is 2.60. The topological polar surface area (TPSA) is 55.6 Å². The van der Waals surface area contributed by atoms with E-state index in [4.69, 9.17) is 10.5 Å². The molecule has 0 saturated carbocycles. The van der Waals surface area contributed by atoms with Crippen molar-refractivity contribution in [1.29, 1.82) is 0 Å². The molecule has 0 bridgehead atoms. The molecule has 2 N–H and O–H groups in total. The largest absolute Gasteiger partial charge is 0.484 e. The van der Waals surface area contributed by atoms with Gasteiger partial charge in [-0.2, -0.15) is 0 Å². The van der Waals surface area contributed by atoms with Crippen LogP contribution in [0.2, 0.25) is 0 Å². The van der Waals surface area contributed by atoms with Crippen LogP contribution in [0.5, 0.6) is 5.75 Å². The third-order valence-electron chi connectivity index (χ3n) is 3.76. The van der Waals surface area contributed by atoms with Crippen LogP contribution in [0.1, 0.15) is 11.1 Å². The molecule has 0 radical (unpaired) electrons. The number of para-hydroxylation sites is 1. The van der Waals surface area contributed by atoms with Crippen LogP contribution in [0.4, 0.5) is 5.69 Å². The average molecular weight is 282 g/mol. The molecule has 3 rings (SSSR count). The second kappa shape index (κ2) is 5.87. The van der Waals surface area contributed by atoms with Crippen molar-refractivity contribution in [2.24, 2.45) is 0 Å². The van der Waals surface area contributed by atoms with Gasteiger partial charge >= 0.3 is 0 Å². The number of benzene rings is 2. The van der Waals surface area contributed by atoms with Crippen molar-refractivity contribution in [3.8, 4) is 5.75 Å². The molecule has 0 atom stereocenters. The van der Waals surface area contributed by atoms with E-state index in [0.717, 1.165) is 17.7 Å². The van der Waals surface area contributed by atoms with Gasteiger partial charge in [0.05, 0.1) is 0 Å². The number of ether oxygens (including phenoxy) is 1. The van der Waals surface area contributed by atoms with Crippen molar-refractivity contribution in [3.63, 3.8) is 0 Å². The molecule has 1 aliphatic heterocycles. The van der Waals surface area contributed by atoms with Gasteiger partial charge in [0.2, 0.25) is 0 Å². The van der Waals surface area contributed by atoms with Crippen LogP contribution in [-0.4, -0.2) is 24.0 Å². The summed E-state index contributed by atoms with van der Waals surface area (Å²) in [6.45, 7) is 1.37. The van der Waals surface area contributed by atoms with Crippen LogP contribution in [0.15, 0.2) is 48.5 Å². The van der Waals surface area contributed by atoms with Crippen LogP contribution in [0, 0.1) is 0 Å². The van der Waals surface area contributed by atoms with Gasteiger partial charge in [0.1, 0.15) is 5.75 Å². The molecule has 0 spiro atoms. The summed E-state index contributed by atoms with van der Waals surface area (Å²) in [5, 5.41) is 0. The molecule has 4 heteroatoms. The predicted octanol–water partition coefficient (Wildman–Crippen LogP) is 2.23. The second-order valence-electron chi connectivity index (χ2n) is 5.15. The van der Waals surface area contributed by atoms with Crippen LogP contribution >= 0.6 is 0 Å². The van der Waals surface area contributed by atoms with E-state index in [9.17, 15) is 4.79 Å².